The van der Waals surface area contributed by atoms with Crippen LogP contribution in [0.2, 0.25) is 0 Å². The van der Waals surface area contributed by atoms with Gasteiger partial charge in [0.2, 0.25) is 0 Å². The fourth-order valence-electron chi connectivity index (χ4n) is 2.69. The molecule has 1 N–H and O–H groups in total. The molecule has 0 atom stereocenters. The van der Waals surface area contributed by atoms with E-state index in [0.29, 0.717) is 10.2 Å². The number of hydrogen-bond donors (Lipinski definition) is 1. The number of para-hydroxylation sites is 1. The molecule has 0 fully saturated rings. The van der Waals surface area contributed by atoms with Crippen LogP contribution in [-0.4, -0.2) is 23.9 Å². The number of sulfonamides is 2. The largest absolute Gasteiger partial charge is 0.280 e. The molecule has 3 aromatic carbocycles. The van der Waals surface area contributed by atoms with Gasteiger partial charge in [0.25, 0.3) is 20.0 Å². The molecule has 3 rings (SSSR count). The van der Waals surface area contributed by atoms with Crippen LogP contribution in [0.1, 0.15) is 5.56 Å². The molecule has 0 radical (unpaired) electrons. The summed E-state index contributed by atoms with van der Waals surface area (Å²) in [4.78, 5) is 0.0461. The highest BCUT2D eigenvalue weighted by molar-refractivity contribution is 9.10. The highest BCUT2D eigenvalue weighted by Gasteiger charge is 2.23. The lowest BCUT2D eigenvalue weighted by Gasteiger charge is -2.20. The van der Waals surface area contributed by atoms with Gasteiger partial charge in [-0.2, -0.15) is 0 Å². The van der Waals surface area contributed by atoms with Crippen molar-refractivity contribution in [2.75, 3.05) is 16.1 Å². The number of anilines is 2. The normalized spacial score (nSPS) is 11.8. The van der Waals surface area contributed by atoms with Gasteiger partial charge in [-0.25, -0.2) is 16.8 Å². The van der Waals surface area contributed by atoms with Crippen LogP contribution in [0.25, 0.3) is 0 Å². The van der Waals surface area contributed by atoms with Crippen molar-refractivity contribution in [3.63, 3.8) is 0 Å². The van der Waals surface area contributed by atoms with Crippen LogP contribution in [-0.2, 0) is 20.0 Å². The molecule has 0 heterocycles. The molecular formula is C20H19BrN2O4S2. The smallest absolute Gasteiger partial charge is 0.264 e. The summed E-state index contributed by atoms with van der Waals surface area (Å²) in [5.41, 5.74) is 1.56. The number of aryl methyl sites for hydroxylation is 1. The molecule has 3 aromatic rings. The number of nitrogens with zero attached hydrogens (tertiary/aromatic N) is 1. The first kappa shape index (κ1) is 21.4. The van der Waals surface area contributed by atoms with Gasteiger partial charge in [0.05, 0.1) is 16.3 Å². The Hall–Kier alpha value is -2.36. The van der Waals surface area contributed by atoms with E-state index in [-0.39, 0.29) is 15.5 Å². The van der Waals surface area contributed by atoms with Crippen LogP contribution in [0, 0.1) is 6.92 Å². The first-order chi connectivity index (χ1) is 13.6. The van der Waals surface area contributed by atoms with Crippen molar-refractivity contribution >= 4 is 47.4 Å². The van der Waals surface area contributed by atoms with E-state index >= 15 is 0 Å². The van der Waals surface area contributed by atoms with Crippen LogP contribution in [0.3, 0.4) is 0 Å². The fourth-order valence-corrected chi connectivity index (χ4v) is 6.17. The van der Waals surface area contributed by atoms with Gasteiger partial charge in [-0.15, -0.1) is 0 Å². The molecule has 0 unspecified atom stereocenters. The molecule has 0 aromatic heterocycles. The zero-order chi connectivity index (χ0) is 21.2. The van der Waals surface area contributed by atoms with Crippen molar-refractivity contribution in [3.05, 3.63) is 82.8 Å². The highest BCUT2D eigenvalue weighted by Crippen LogP contribution is 2.27. The molecular weight excluding hydrogens is 476 g/mol. The molecule has 0 bridgehead atoms. The number of halogens is 1. The van der Waals surface area contributed by atoms with E-state index in [1.165, 1.54) is 37.4 Å². The van der Waals surface area contributed by atoms with Crippen LogP contribution < -0.4 is 9.03 Å². The standard InChI is InChI=1S/C20H19BrN2O4S2/c1-15-11-12-20(19(21)13-15)28(24,25)22-16-7-6-10-18(14-16)29(26,27)23(2)17-8-4-3-5-9-17/h3-14,22H,1-2H3. The Kier molecular flexibility index (Phi) is 6.02. The van der Waals surface area contributed by atoms with Crippen molar-refractivity contribution in [2.45, 2.75) is 16.7 Å². The minimum Gasteiger partial charge on any atom is -0.280 e. The van der Waals surface area contributed by atoms with Crippen LogP contribution in [0.5, 0.6) is 0 Å². The van der Waals surface area contributed by atoms with Crippen molar-refractivity contribution in [1.82, 2.24) is 0 Å². The average molecular weight is 495 g/mol. The third-order valence-corrected chi connectivity index (χ3v) is 8.38. The van der Waals surface area contributed by atoms with Crippen molar-refractivity contribution in [1.29, 1.82) is 0 Å². The maximum Gasteiger partial charge on any atom is 0.264 e. The summed E-state index contributed by atoms with van der Waals surface area (Å²) in [6.07, 6.45) is 0. The third-order valence-electron chi connectivity index (χ3n) is 4.24. The maximum absolute atomic E-state index is 13.0. The molecule has 6 nitrogen and oxygen atoms in total. The van der Waals surface area contributed by atoms with Crippen molar-refractivity contribution < 1.29 is 16.8 Å². The van der Waals surface area contributed by atoms with Gasteiger partial charge in [0.15, 0.2) is 0 Å². The molecule has 0 saturated carbocycles. The Balaban J connectivity index is 1.93. The number of hydrogen-bond acceptors (Lipinski definition) is 4. The predicted octanol–water partition coefficient (Wildman–Crippen LogP) is 4.38. The van der Waals surface area contributed by atoms with Crippen molar-refractivity contribution in [2.24, 2.45) is 0 Å². The summed E-state index contributed by atoms with van der Waals surface area (Å²) in [6, 6.07) is 19.2. The average Bonchev–Trinajstić information content (AvgIpc) is 2.67. The molecule has 0 aliphatic carbocycles. The van der Waals surface area contributed by atoms with E-state index in [4.69, 9.17) is 0 Å². The second-order valence-electron chi connectivity index (χ2n) is 6.38. The van der Waals surface area contributed by atoms with Crippen molar-refractivity contribution in [3.8, 4) is 0 Å². The number of rotatable bonds is 6. The summed E-state index contributed by atoms with van der Waals surface area (Å²) >= 11 is 3.27. The van der Waals surface area contributed by atoms with Crippen LogP contribution >= 0.6 is 15.9 Å². The summed E-state index contributed by atoms with van der Waals surface area (Å²) in [7, 11) is -6.31. The molecule has 0 saturated heterocycles. The van der Waals surface area contributed by atoms with E-state index in [2.05, 4.69) is 20.7 Å². The Bertz CT molecular complexity index is 1240. The quantitative estimate of drug-likeness (QED) is 0.550. The lowest BCUT2D eigenvalue weighted by molar-refractivity contribution is 0.593. The third kappa shape index (κ3) is 4.63. The van der Waals surface area contributed by atoms with E-state index < -0.39 is 20.0 Å². The summed E-state index contributed by atoms with van der Waals surface area (Å²) in [6.45, 7) is 1.85. The maximum atomic E-state index is 13.0. The zero-order valence-corrected chi connectivity index (χ0v) is 18.9. The van der Waals surface area contributed by atoms with Gasteiger partial charge in [0, 0.05) is 11.5 Å². The molecule has 0 aliphatic heterocycles. The summed E-state index contributed by atoms with van der Waals surface area (Å²) in [5, 5.41) is 0. The van der Waals surface area contributed by atoms with Gasteiger partial charge >= 0.3 is 0 Å². The zero-order valence-electron chi connectivity index (χ0n) is 15.7. The molecule has 152 valence electrons. The monoisotopic (exact) mass is 494 g/mol. The molecule has 0 aliphatic rings. The second kappa shape index (κ2) is 8.17. The topological polar surface area (TPSA) is 83.5 Å². The van der Waals surface area contributed by atoms with E-state index in [9.17, 15) is 16.8 Å². The highest BCUT2D eigenvalue weighted by atomic mass is 79.9. The molecule has 9 heteroatoms. The first-order valence-electron chi connectivity index (χ1n) is 8.54. The van der Waals surface area contributed by atoms with Gasteiger partial charge in [-0.05, 0) is 70.9 Å². The Morgan fingerprint density at radius 1 is 0.862 bits per heavy atom. The van der Waals surface area contributed by atoms with E-state index in [1.807, 2.05) is 6.92 Å². The number of benzene rings is 3. The number of nitrogens with one attached hydrogen (secondary N) is 1. The van der Waals surface area contributed by atoms with Gasteiger partial charge < -0.3 is 0 Å². The first-order valence-corrected chi connectivity index (χ1v) is 12.3. The Morgan fingerprint density at radius 2 is 1.55 bits per heavy atom. The van der Waals surface area contributed by atoms with E-state index in [0.717, 1.165) is 9.87 Å². The lowest BCUT2D eigenvalue weighted by Crippen LogP contribution is -2.26. The minimum atomic E-state index is -3.90. The SMILES string of the molecule is Cc1ccc(S(=O)(=O)Nc2cccc(S(=O)(=O)N(C)c3ccccc3)c2)c(Br)c1. The second-order valence-corrected chi connectivity index (χ2v) is 10.8. The predicted molar refractivity (Wildman–Crippen MR) is 118 cm³/mol. The minimum absolute atomic E-state index is 0.0213. The van der Waals surface area contributed by atoms with Crippen LogP contribution in [0.4, 0.5) is 11.4 Å². The van der Waals surface area contributed by atoms with Gasteiger partial charge in [0.1, 0.15) is 4.90 Å². The summed E-state index contributed by atoms with van der Waals surface area (Å²) < 4.78 is 55.4. The molecule has 0 spiro atoms. The van der Waals surface area contributed by atoms with E-state index in [1.54, 1.807) is 42.5 Å². The van der Waals surface area contributed by atoms with Gasteiger partial charge in [-0.3, -0.25) is 9.03 Å². The molecule has 0 amide bonds. The lowest BCUT2D eigenvalue weighted by atomic mass is 10.2. The van der Waals surface area contributed by atoms with Gasteiger partial charge in [-0.1, -0.05) is 30.3 Å². The van der Waals surface area contributed by atoms with Crippen LogP contribution in [0.15, 0.2) is 87.1 Å². The Labute approximate surface area is 179 Å². The fraction of sp³-hybridized carbons (Fsp3) is 0.100. The summed E-state index contributed by atoms with van der Waals surface area (Å²) in [5.74, 6) is 0. The Morgan fingerprint density at radius 3 is 2.21 bits per heavy atom. The molecule has 29 heavy (non-hydrogen) atoms.